The van der Waals surface area contributed by atoms with Gasteiger partial charge in [0.05, 0.1) is 12.1 Å². The summed E-state index contributed by atoms with van der Waals surface area (Å²) in [6.45, 7) is 2.59. The minimum Gasteiger partial charge on any atom is -0.395 e. The number of hydrogen-bond acceptors (Lipinski definition) is 3. The van der Waals surface area contributed by atoms with Crippen LogP contribution in [-0.4, -0.2) is 40.6 Å². The first-order valence-corrected chi connectivity index (χ1v) is 8.47. The van der Waals surface area contributed by atoms with Crippen LogP contribution in [-0.2, 0) is 4.79 Å². The second kappa shape index (κ2) is 6.57. The van der Waals surface area contributed by atoms with E-state index in [1.165, 1.54) is 6.07 Å². The summed E-state index contributed by atoms with van der Waals surface area (Å²) in [4.78, 5) is 14.3. The van der Waals surface area contributed by atoms with Crippen molar-refractivity contribution < 1.29 is 14.3 Å². The number of likely N-dealkylation sites (tertiary alicyclic amines) is 1. The van der Waals surface area contributed by atoms with Crippen molar-refractivity contribution >= 4 is 5.91 Å². The molecule has 0 spiro atoms. The molecule has 1 aromatic carbocycles. The lowest BCUT2D eigenvalue weighted by molar-refractivity contribution is -0.123. The van der Waals surface area contributed by atoms with Crippen molar-refractivity contribution in [3.63, 3.8) is 0 Å². The number of aliphatic hydroxyl groups excluding tert-OH is 1. The number of carbonyl (C=O) groups is 1. The second-order valence-electron chi connectivity index (χ2n) is 6.93. The van der Waals surface area contributed by atoms with Gasteiger partial charge in [0, 0.05) is 30.6 Å². The van der Waals surface area contributed by atoms with Crippen LogP contribution in [0.3, 0.4) is 0 Å². The van der Waals surface area contributed by atoms with Crippen molar-refractivity contribution in [3.8, 4) is 0 Å². The first kappa shape index (κ1) is 16.4. The Morgan fingerprint density at radius 3 is 2.91 bits per heavy atom. The normalized spacial score (nSPS) is 32.0. The zero-order valence-corrected chi connectivity index (χ0v) is 13.6. The number of aliphatic hydroxyl groups is 1. The summed E-state index contributed by atoms with van der Waals surface area (Å²) in [5.74, 6) is -0.139. The minimum atomic E-state index is -0.375. The van der Waals surface area contributed by atoms with Gasteiger partial charge in [-0.1, -0.05) is 24.6 Å². The molecule has 2 aliphatic rings. The van der Waals surface area contributed by atoms with Crippen LogP contribution in [0.25, 0.3) is 0 Å². The van der Waals surface area contributed by atoms with Gasteiger partial charge in [0.2, 0.25) is 5.91 Å². The molecule has 5 heteroatoms. The predicted octanol–water partition coefficient (Wildman–Crippen LogP) is 2.38. The number of rotatable bonds is 3. The maximum absolute atomic E-state index is 14.3. The molecular weight excluding hydrogens is 295 g/mol. The van der Waals surface area contributed by atoms with Crippen LogP contribution in [0.2, 0.25) is 0 Å². The molecule has 2 aliphatic heterocycles. The van der Waals surface area contributed by atoms with Gasteiger partial charge in [-0.25, -0.2) is 4.39 Å². The van der Waals surface area contributed by atoms with Crippen molar-refractivity contribution in [1.82, 2.24) is 10.2 Å². The highest BCUT2D eigenvalue weighted by molar-refractivity contribution is 5.77. The molecule has 2 N–H and O–H groups in total. The molecule has 0 aliphatic carbocycles. The molecular formula is C18H25FN2O2. The zero-order chi connectivity index (χ0) is 16.4. The zero-order valence-electron chi connectivity index (χ0n) is 13.6. The summed E-state index contributed by atoms with van der Waals surface area (Å²) in [5, 5.41) is 12.7. The third-order valence-corrected chi connectivity index (χ3v) is 5.33. The van der Waals surface area contributed by atoms with Crippen LogP contribution in [0.5, 0.6) is 0 Å². The summed E-state index contributed by atoms with van der Waals surface area (Å²) in [6, 6.07) is 6.84. The van der Waals surface area contributed by atoms with Crippen molar-refractivity contribution in [3.05, 3.63) is 35.6 Å². The topological polar surface area (TPSA) is 52.6 Å². The highest BCUT2D eigenvalue weighted by Crippen LogP contribution is 2.45. The smallest absolute Gasteiger partial charge is 0.220 e. The maximum atomic E-state index is 14.3. The third kappa shape index (κ3) is 3.12. The van der Waals surface area contributed by atoms with Gasteiger partial charge >= 0.3 is 0 Å². The number of hydrogen-bond donors (Lipinski definition) is 2. The first-order chi connectivity index (χ1) is 11.0. The quantitative estimate of drug-likeness (QED) is 0.899. The lowest BCUT2D eigenvalue weighted by atomic mass is 9.85. The number of halogens is 1. The molecule has 0 radical (unpaired) electrons. The fourth-order valence-corrected chi connectivity index (χ4v) is 4.32. The summed E-state index contributed by atoms with van der Waals surface area (Å²) in [7, 11) is 0. The van der Waals surface area contributed by atoms with E-state index in [-0.39, 0.29) is 36.0 Å². The van der Waals surface area contributed by atoms with Crippen molar-refractivity contribution in [2.45, 2.75) is 56.7 Å². The molecule has 1 aromatic rings. The number of fused-ring (bicyclic) bond motifs is 1. The third-order valence-electron chi connectivity index (χ3n) is 5.33. The Hall–Kier alpha value is -1.46. The van der Waals surface area contributed by atoms with E-state index in [0.717, 1.165) is 19.3 Å². The molecule has 0 aromatic heterocycles. The summed E-state index contributed by atoms with van der Waals surface area (Å²) >= 11 is 0. The average molecular weight is 320 g/mol. The van der Waals surface area contributed by atoms with Crippen LogP contribution in [0.1, 0.15) is 50.6 Å². The van der Waals surface area contributed by atoms with Crippen molar-refractivity contribution in [2.24, 2.45) is 0 Å². The largest absolute Gasteiger partial charge is 0.395 e. The standard InChI is InChI=1S/C18H25FN2O2/c1-18-12-15(13-6-2-3-7-14(13)19)21(10-11-22)16(18)8-4-5-9-17(23)20-18/h2-3,6-7,15-16,22H,4-5,8-12H2,1H3,(H,20,23)/t15-,16-,18-/m0/s1. The summed E-state index contributed by atoms with van der Waals surface area (Å²) in [6.07, 6.45) is 4.06. The Kier molecular flexibility index (Phi) is 4.69. The fourth-order valence-electron chi connectivity index (χ4n) is 4.32. The minimum absolute atomic E-state index is 0.0332. The van der Waals surface area contributed by atoms with E-state index in [1.807, 2.05) is 12.1 Å². The van der Waals surface area contributed by atoms with Crippen LogP contribution < -0.4 is 5.32 Å². The molecule has 4 nitrogen and oxygen atoms in total. The Morgan fingerprint density at radius 1 is 1.39 bits per heavy atom. The number of β-amino-alcohol motifs (C(OH)–C–C–N with tert-alkyl or cyclic N) is 1. The van der Waals surface area contributed by atoms with Gasteiger partial charge in [0.1, 0.15) is 5.82 Å². The SMILES string of the molecule is C[C@]12C[C@@H](c3ccccc3F)N(CCO)[C@H]1CCCCC(=O)N2. The van der Waals surface area contributed by atoms with Crippen molar-refractivity contribution in [2.75, 3.05) is 13.2 Å². The van der Waals surface area contributed by atoms with E-state index >= 15 is 0 Å². The van der Waals surface area contributed by atoms with E-state index in [1.54, 1.807) is 6.07 Å². The lowest BCUT2D eigenvalue weighted by Crippen LogP contribution is -2.55. The van der Waals surface area contributed by atoms with E-state index in [4.69, 9.17) is 0 Å². The van der Waals surface area contributed by atoms with Crippen LogP contribution in [0.4, 0.5) is 4.39 Å². The predicted molar refractivity (Wildman–Crippen MR) is 86.4 cm³/mol. The lowest BCUT2D eigenvalue weighted by Gasteiger charge is -2.38. The molecule has 126 valence electrons. The van der Waals surface area contributed by atoms with Gasteiger partial charge in [-0.2, -0.15) is 0 Å². The van der Waals surface area contributed by atoms with Crippen molar-refractivity contribution in [1.29, 1.82) is 0 Å². The number of amides is 1. The van der Waals surface area contributed by atoms with Gasteiger partial charge in [0.25, 0.3) is 0 Å². The monoisotopic (exact) mass is 320 g/mol. The maximum Gasteiger partial charge on any atom is 0.220 e. The number of benzene rings is 1. The van der Waals surface area contributed by atoms with Gasteiger partial charge in [-0.15, -0.1) is 0 Å². The highest BCUT2D eigenvalue weighted by atomic mass is 19.1. The molecule has 2 saturated heterocycles. The Balaban J connectivity index is 1.97. The van der Waals surface area contributed by atoms with Gasteiger partial charge in [-0.3, -0.25) is 9.69 Å². The summed E-state index contributed by atoms with van der Waals surface area (Å²) in [5.41, 5.74) is 0.280. The highest BCUT2D eigenvalue weighted by Gasteiger charge is 2.50. The molecule has 2 heterocycles. The number of nitrogens with one attached hydrogen (secondary N) is 1. The van der Waals surface area contributed by atoms with Crippen LogP contribution in [0, 0.1) is 5.82 Å². The molecule has 3 atom stereocenters. The molecule has 2 fully saturated rings. The fraction of sp³-hybridized carbons (Fsp3) is 0.611. The van der Waals surface area contributed by atoms with Crippen LogP contribution >= 0.6 is 0 Å². The number of nitrogens with zero attached hydrogens (tertiary/aromatic N) is 1. The average Bonchev–Trinajstić information content (AvgIpc) is 2.75. The van der Waals surface area contributed by atoms with Gasteiger partial charge < -0.3 is 10.4 Å². The van der Waals surface area contributed by atoms with E-state index < -0.39 is 0 Å². The molecule has 23 heavy (non-hydrogen) atoms. The van der Waals surface area contributed by atoms with Crippen LogP contribution in [0.15, 0.2) is 24.3 Å². The Bertz CT molecular complexity index is 580. The Labute approximate surface area is 136 Å². The van der Waals surface area contributed by atoms with Gasteiger partial charge in [-0.05, 0) is 32.3 Å². The molecule has 0 saturated carbocycles. The molecule has 0 unspecified atom stereocenters. The van der Waals surface area contributed by atoms with E-state index in [9.17, 15) is 14.3 Å². The molecule has 0 bridgehead atoms. The first-order valence-electron chi connectivity index (χ1n) is 8.47. The van der Waals surface area contributed by atoms with E-state index in [0.29, 0.717) is 24.9 Å². The molecule has 1 amide bonds. The Morgan fingerprint density at radius 2 is 2.17 bits per heavy atom. The molecule has 3 rings (SSSR count). The second-order valence-corrected chi connectivity index (χ2v) is 6.93. The van der Waals surface area contributed by atoms with E-state index in [2.05, 4.69) is 17.1 Å². The summed E-state index contributed by atoms with van der Waals surface area (Å²) < 4.78 is 14.3. The van der Waals surface area contributed by atoms with Gasteiger partial charge in [0.15, 0.2) is 0 Å². The number of carbonyl (C=O) groups excluding carboxylic acids is 1.